The first-order chi connectivity index (χ1) is 8.06. The molecule has 17 heavy (non-hydrogen) atoms. The van der Waals surface area contributed by atoms with Crippen molar-refractivity contribution in [3.63, 3.8) is 0 Å². The van der Waals surface area contributed by atoms with Crippen molar-refractivity contribution in [2.75, 3.05) is 33.4 Å². The van der Waals surface area contributed by atoms with Gasteiger partial charge in [-0.05, 0) is 6.92 Å². The van der Waals surface area contributed by atoms with E-state index in [1.165, 1.54) is 7.11 Å². The van der Waals surface area contributed by atoms with E-state index < -0.39 is 6.04 Å². The number of carbonyl (C=O) groups is 3. The summed E-state index contributed by atoms with van der Waals surface area (Å²) in [5.74, 6) is -1.11. The normalized spacial score (nSPS) is 20.6. The van der Waals surface area contributed by atoms with Crippen LogP contribution < -0.4 is 10.6 Å². The van der Waals surface area contributed by atoms with Crippen molar-refractivity contribution < 1.29 is 19.1 Å². The summed E-state index contributed by atoms with van der Waals surface area (Å²) in [6.07, 6.45) is 0. The molecule has 0 aromatic heterocycles. The number of amides is 3. The van der Waals surface area contributed by atoms with Crippen molar-refractivity contribution in [3.8, 4) is 0 Å². The summed E-state index contributed by atoms with van der Waals surface area (Å²) in [6.45, 7) is 2.27. The first-order valence-corrected chi connectivity index (χ1v) is 5.39. The molecule has 1 aliphatic rings. The number of hydrogen-bond acceptors (Lipinski definition) is 5. The van der Waals surface area contributed by atoms with Crippen molar-refractivity contribution >= 4 is 17.7 Å². The van der Waals surface area contributed by atoms with Gasteiger partial charge in [0.2, 0.25) is 17.7 Å². The molecule has 0 aliphatic carbocycles. The van der Waals surface area contributed by atoms with Crippen LogP contribution in [0.4, 0.5) is 0 Å². The predicted molar refractivity (Wildman–Crippen MR) is 59.1 cm³/mol. The minimum Gasteiger partial charge on any atom is -0.383 e. The molecule has 0 bridgehead atoms. The molecule has 1 heterocycles. The molecule has 0 saturated carbocycles. The topological polar surface area (TPSA) is 87.7 Å². The molecular weight excluding hydrogens is 226 g/mol. The largest absolute Gasteiger partial charge is 0.383 e. The Morgan fingerprint density at radius 2 is 2.29 bits per heavy atom. The van der Waals surface area contributed by atoms with Crippen LogP contribution in [0.1, 0.15) is 6.92 Å². The molecule has 1 unspecified atom stereocenters. The minimum absolute atomic E-state index is 0.0816. The molecule has 0 spiro atoms. The van der Waals surface area contributed by atoms with Crippen LogP contribution in [0.15, 0.2) is 0 Å². The number of hydrogen-bond donors (Lipinski definition) is 2. The number of piperazine rings is 1. The molecule has 1 atom stereocenters. The first kappa shape index (κ1) is 13.6. The maximum Gasteiger partial charge on any atom is 0.246 e. The lowest BCUT2D eigenvalue weighted by atomic mass is 10.2. The van der Waals surface area contributed by atoms with E-state index in [9.17, 15) is 14.4 Å². The Bertz CT molecular complexity index is 319. The lowest BCUT2D eigenvalue weighted by Crippen LogP contribution is -2.59. The second-order valence-electron chi connectivity index (χ2n) is 3.76. The van der Waals surface area contributed by atoms with Gasteiger partial charge in [0.1, 0.15) is 6.54 Å². The number of nitrogens with zero attached hydrogens (tertiary/aromatic N) is 1. The number of imide groups is 1. The Morgan fingerprint density at radius 1 is 1.59 bits per heavy atom. The number of ether oxygens (including phenoxy) is 1. The molecular formula is C10H17N3O4. The van der Waals surface area contributed by atoms with Gasteiger partial charge < -0.3 is 10.1 Å². The zero-order valence-corrected chi connectivity index (χ0v) is 9.99. The molecule has 7 heteroatoms. The molecule has 1 saturated heterocycles. The van der Waals surface area contributed by atoms with E-state index in [1.54, 1.807) is 6.92 Å². The Balaban J connectivity index is 2.45. The Labute approximate surface area is 99.5 Å². The predicted octanol–water partition coefficient (Wildman–Crippen LogP) is -1.90. The highest BCUT2D eigenvalue weighted by Crippen LogP contribution is 2.01. The second-order valence-corrected chi connectivity index (χ2v) is 3.76. The van der Waals surface area contributed by atoms with Crippen molar-refractivity contribution in [1.82, 2.24) is 15.5 Å². The van der Waals surface area contributed by atoms with Gasteiger partial charge in [-0.1, -0.05) is 0 Å². The molecule has 1 fully saturated rings. The van der Waals surface area contributed by atoms with Crippen LogP contribution in [0.5, 0.6) is 0 Å². The minimum atomic E-state index is -0.431. The summed E-state index contributed by atoms with van der Waals surface area (Å²) in [5, 5.41) is 5.30. The molecule has 96 valence electrons. The third-order valence-electron chi connectivity index (χ3n) is 2.43. The number of rotatable bonds is 5. The summed E-state index contributed by atoms with van der Waals surface area (Å²) in [7, 11) is 1.52. The van der Waals surface area contributed by atoms with Gasteiger partial charge in [0.15, 0.2) is 0 Å². The van der Waals surface area contributed by atoms with Gasteiger partial charge in [-0.15, -0.1) is 0 Å². The summed E-state index contributed by atoms with van der Waals surface area (Å²) < 4.78 is 4.77. The molecule has 0 aromatic carbocycles. The quantitative estimate of drug-likeness (QED) is 0.435. The van der Waals surface area contributed by atoms with Crippen molar-refractivity contribution in [2.45, 2.75) is 13.0 Å². The van der Waals surface area contributed by atoms with Crippen LogP contribution in [0.2, 0.25) is 0 Å². The fraction of sp³-hybridized carbons (Fsp3) is 0.700. The van der Waals surface area contributed by atoms with E-state index in [2.05, 4.69) is 10.6 Å². The fourth-order valence-electron chi connectivity index (χ4n) is 1.44. The molecule has 3 amide bonds. The van der Waals surface area contributed by atoms with Crippen molar-refractivity contribution in [2.24, 2.45) is 0 Å². The monoisotopic (exact) mass is 243 g/mol. The molecule has 7 nitrogen and oxygen atoms in total. The van der Waals surface area contributed by atoms with Crippen LogP contribution >= 0.6 is 0 Å². The van der Waals surface area contributed by atoms with E-state index in [1.807, 2.05) is 0 Å². The third-order valence-corrected chi connectivity index (χ3v) is 2.43. The Hall–Kier alpha value is -1.47. The third kappa shape index (κ3) is 3.79. The van der Waals surface area contributed by atoms with Crippen LogP contribution in [-0.2, 0) is 19.1 Å². The van der Waals surface area contributed by atoms with Crippen LogP contribution in [0.25, 0.3) is 0 Å². The summed E-state index contributed by atoms with van der Waals surface area (Å²) in [5.41, 5.74) is 0. The van der Waals surface area contributed by atoms with E-state index >= 15 is 0 Å². The maximum atomic E-state index is 11.6. The van der Waals surface area contributed by atoms with Crippen LogP contribution in [-0.4, -0.2) is 62.0 Å². The van der Waals surface area contributed by atoms with Crippen molar-refractivity contribution in [1.29, 1.82) is 0 Å². The van der Waals surface area contributed by atoms with Gasteiger partial charge in [0.05, 0.1) is 19.2 Å². The van der Waals surface area contributed by atoms with Crippen molar-refractivity contribution in [3.05, 3.63) is 0 Å². The SMILES string of the molecule is COCCNC(=O)CN1C(=O)CNC(C)C1=O. The maximum absolute atomic E-state index is 11.6. The van der Waals surface area contributed by atoms with Crippen LogP contribution in [0.3, 0.4) is 0 Å². The fourth-order valence-corrected chi connectivity index (χ4v) is 1.44. The summed E-state index contributed by atoms with van der Waals surface area (Å²) in [6, 6.07) is -0.431. The van der Waals surface area contributed by atoms with E-state index in [4.69, 9.17) is 4.74 Å². The highest BCUT2D eigenvalue weighted by atomic mass is 16.5. The lowest BCUT2D eigenvalue weighted by molar-refractivity contribution is -0.151. The first-order valence-electron chi connectivity index (χ1n) is 5.39. The molecule has 0 aromatic rings. The van der Waals surface area contributed by atoms with Gasteiger partial charge in [0.25, 0.3) is 0 Å². The average molecular weight is 243 g/mol. The smallest absolute Gasteiger partial charge is 0.246 e. The average Bonchev–Trinajstić information content (AvgIpc) is 2.30. The van der Waals surface area contributed by atoms with Gasteiger partial charge in [-0.25, -0.2) is 0 Å². The number of carbonyl (C=O) groups excluding carboxylic acids is 3. The van der Waals surface area contributed by atoms with Gasteiger partial charge in [-0.2, -0.15) is 0 Å². The van der Waals surface area contributed by atoms with Crippen LogP contribution in [0, 0.1) is 0 Å². The van der Waals surface area contributed by atoms with Gasteiger partial charge >= 0.3 is 0 Å². The van der Waals surface area contributed by atoms with E-state index in [0.29, 0.717) is 13.2 Å². The van der Waals surface area contributed by atoms with Gasteiger partial charge in [-0.3, -0.25) is 24.6 Å². The Morgan fingerprint density at radius 3 is 2.94 bits per heavy atom. The molecule has 0 radical (unpaired) electrons. The van der Waals surface area contributed by atoms with E-state index in [-0.39, 0.29) is 30.8 Å². The Kier molecular flexibility index (Phi) is 5.05. The highest BCUT2D eigenvalue weighted by molar-refractivity contribution is 6.03. The molecule has 1 aliphatic heterocycles. The molecule has 1 rings (SSSR count). The summed E-state index contributed by atoms with van der Waals surface area (Å²) >= 11 is 0. The number of nitrogens with one attached hydrogen (secondary N) is 2. The van der Waals surface area contributed by atoms with Gasteiger partial charge in [0, 0.05) is 13.7 Å². The summed E-state index contributed by atoms with van der Waals surface area (Å²) in [4.78, 5) is 35.5. The highest BCUT2D eigenvalue weighted by Gasteiger charge is 2.32. The number of methoxy groups -OCH3 is 1. The standard InChI is InChI=1S/C10H17N3O4/c1-7-10(16)13(9(15)5-12-7)6-8(14)11-3-4-17-2/h7,12H,3-6H2,1-2H3,(H,11,14). The zero-order chi connectivity index (χ0) is 12.8. The zero-order valence-electron chi connectivity index (χ0n) is 9.99. The lowest BCUT2D eigenvalue weighted by Gasteiger charge is -2.29. The second kappa shape index (κ2) is 6.31. The van der Waals surface area contributed by atoms with E-state index in [0.717, 1.165) is 4.90 Å². The molecule has 2 N–H and O–H groups in total.